The van der Waals surface area contributed by atoms with Crippen LogP contribution in [-0.2, 0) is 6.42 Å². The van der Waals surface area contributed by atoms with Crippen molar-refractivity contribution in [2.75, 3.05) is 0 Å². The largest absolute Gasteiger partial charge is 0.508 e. The van der Waals surface area contributed by atoms with Crippen LogP contribution in [0.2, 0.25) is 0 Å². The summed E-state index contributed by atoms with van der Waals surface area (Å²) in [6, 6.07) is 17.6. The first-order valence-electron chi connectivity index (χ1n) is 7.77. The Kier molecular flexibility index (Phi) is 3.04. The minimum absolute atomic E-state index is 0.0519. The Morgan fingerprint density at radius 2 is 1.59 bits per heavy atom. The van der Waals surface area contributed by atoms with Crippen LogP contribution < -0.4 is 0 Å². The maximum absolute atomic E-state index is 10.5. The van der Waals surface area contributed by atoms with Gasteiger partial charge in [-0.2, -0.15) is 0 Å². The van der Waals surface area contributed by atoms with Gasteiger partial charge in [-0.25, -0.2) is 0 Å². The monoisotopic (exact) mass is 290 g/mol. The van der Waals surface area contributed by atoms with Crippen molar-refractivity contribution in [2.24, 2.45) is 0 Å². The molecule has 1 aliphatic rings. The van der Waals surface area contributed by atoms with Gasteiger partial charge in [0.15, 0.2) is 0 Å². The van der Waals surface area contributed by atoms with Crippen LogP contribution in [0.1, 0.15) is 35.4 Å². The lowest BCUT2D eigenvalue weighted by Gasteiger charge is -2.28. The Labute approximate surface area is 129 Å². The van der Waals surface area contributed by atoms with Crippen molar-refractivity contribution >= 4 is 10.8 Å². The Morgan fingerprint density at radius 1 is 0.773 bits per heavy atom. The minimum atomic E-state index is 0.0519. The van der Waals surface area contributed by atoms with E-state index in [4.69, 9.17) is 0 Å². The summed E-state index contributed by atoms with van der Waals surface area (Å²) in [5.74, 6) is 0.713. The number of aryl methyl sites for hydroxylation is 1. The molecule has 2 N–H and O–H groups in total. The van der Waals surface area contributed by atoms with Gasteiger partial charge in [0.2, 0.25) is 0 Å². The third kappa shape index (κ3) is 1.95. The molecule has 0 saturated heterocycles. The van der Waals surface area contributed by atoms with Gasteiger partial charge in [-0.05, 0) is 47.7 Å². The highest BCUT2D eigenvalue weighted by atomic mass is 16.3. The SMILES string of the molecule is Oc1cccc2c1C(c1c(O)ccc3ccccc13)CCC2. The van der Waals surface area contributed by atoms with Gasteiger partial charge in [-0.15, -0.1) is 0 Å². The number of hydrogen-bond donors (Lipinski definition) is 2. The fourth-order valence-electron chi connectivity index (χ4n) is 3.80. The van der Waals surface area contributed by atoms with E-state index in [0.717, 1.165) is 41.2 Å². The van der Waals surface area contributed by atoms with Crippen molar-refractivity contribution in [1.29, 1.82) is 0 Å². The van der Waals surface area contributed by atoms with E-state index in [0.29, 0.717) is 11.5 Å². The molecular formula is C20H18O2. The summed E-state index contributed by atoms with van der Waals surface area (Å²) in [6.45, 7) is 0. The zero-order chi connectivity index (χ0) is 15.1. The number of phenols is 2. The fourth-order valence-corrected chi connectivity index (χ4v) is 3.80. The van der Waals surface area contributed by atoms with Crippen molar-refractivity contribution in [3.8, 4) is 11.5 Å². The molecule has 1 atom stereocenters. The van der Waals surface area contributed by atoms with Gasteiger partial charge in [0.1, 0.15) is 11.5 Å². The van der Waals surface area contributed by atoms with Crippen LogP contribution in [0.5, 0.6) is 11.5 Å². The Hall–Kier alpha value is -2.48. The molecule has 0 aromatic heterocycles. The van der Waals surface area contributed by atoms with Crippen LogP contribution in [0.25, 0.3) is 10.8 Å². The van der Waals surface area contributed by atoms with E-state index in [1.54, 1.807) is 12.1 Å². The van der Waals surface area contributed by atoms with Gasteiger partial charge in [-0.1, -0.05) is 42.5 Å². The highest BCUT2D eigenvalue weighted by molar-refractivity contribution is 5.89. The zero-order valence-electron chi connectivity index (χ0n) is 12.3. The molecule has 0 aliphatic heterocycles. The maximum atomic E-state index is 10.5. The standard InChI is InChI=1S/C20H18O2/c21-17-10-4-7-14-6-3-9-16(19(14)17)20-15-8-2-1-5-13(15)11-12-18(20)22/h1-2,4-5,7-8,10-12,16,21-22H,3,6,9H2. The van der Waals surface area contributed by atoms with Crippen LogP contribution >= 0.6 is 0 Å². The highest BCUT2D eigenvalue weighted by Crippen LogP contribution is 2.46. The quantitative estimate of drug-likeness (QED) is 0.681. The molecule has 3 aromatic rings. The molecule has 2 nitrogen and oxygen atoms in total. The van der Waals surface area contributed by atoms with Gasteiger partial charge in [0.25, 0.3) is 0 Å². The molecule has 0 amide bonds. The Balaban J connectivity index is 2.00. The summed E-state index contributed by atoms with van der Waals surface area (Å²) in [7, 11) is 0. The number of rotatable bonds is 1. The third-order valence-electron chi connectivity index (χ3n) is 4.76. The first kappa shape index (κ1) is 13.2. The van der Waals surface area contributed by atoms with E-state index >= 15 is 0 Å². The van der Waals surface area contributed by atoms with E-state index in [1.165, 1.54) is 5.56 Å². The topological polar surface area (TPSA) is 40.5 Å². The smallest absolute Gasteiger partial charge is 0.120 e. The van der Waals surface area contributed by atoms with Crippen molar-refractivity contribution in [3.05, 3.63) is 71.3 Å². The molecule has 4 rings (SSSR count). The number of fused-ring (bicyclic) bond motifs is 2. The first-order chi connectivity index (χ1) is 10.8. The average molecular weight is 290 g/mol. The lowest BCUT2D eigenvalue weighted by molar-refractivity contribution is 0.444. The lowest BCUT2D eigenvalue weighted by atomic mass is 9.77. The molecular weight excluding hydrogens is 272 g/mol. The second-order valence-electron chi connectivity index (χ2n) is 6.01. The predicted molar refractivity (Wildman–Crippen MR) is 88.5 cm³/mol. The molecule has 1 aliphatic carbocycles. The van der Waals surface area contributed by atoms with Gasteiger partial charge >= 0.3 is 0 Å². The van der Waals surface area contributed by atoms with Crippen molar-refractivity contribution in [1.82, 2.24) is 0 Å². The van der Waals surface area contributed by atoms with E-state index in [9.17, 15) is 10.2 Å². The van der Waals surface area contributed by atoms with Crippen LogP contribution in [0.15, 0.2) is 54.6 Å². The van der Waals surface area contributed by atoms with Gasteiger partial charge in [-0.3, -0.25) is 0 Å². The van der Waals surface area contributed by atoms with E-state index < -0.39 is 0 Å². The van der Waals surface area contributed by atoms with Crippen molar-refractivity contribution in [2.45, 2.75) is 25.2 Å². The maximum Gasteiger partial charge on any atom is 0.120 e. The van der Waals surface area contributed by atoms with E-state index in [1.807, 2.05) is 24.3 Å². The normalized spacial score (nSPS) is 17.4. The van der Waals surface area contributed by atoms with Gasteiger partial charge in [0, 0.05) is 17.0 Å². The van der Waals surface area contributed by atoms with Crippen LogP contribution in [-0.4, -0.2) is 10.2 Å². The molecule has 2 heteroatoms. The summed E-state index contributed by atoms with van der Waals surface area (Å²) in [5.41, 5.74) is 3.13. The lowest BCUT2D eigenvalue weighted by Crippen LogP contribution is -2.12. The van der Waals surface area contributed by atoms with Crippen LogP contribution in [0.3, 0.4) is 0 Å². The molecule has 0 heterocycles. The molecule has 0 fully saturated rings. The second kappa shape index (κ2) is 5.06. The minimum Gasteiger partial charge on any atom is -0.508 e. The number of phenolic OH excluding ortho intramolecular Hbond substituents is 2. The number of hydrogen-bond acceptors (Lipinski definition) is 2. The van der Waals surface area contributed by atoms with Gasteiger partial charge < -0.3 is 10.2 Å². The van der Waals surface area contributed by atoms with Crippen molar-refractivity contribution in [3.63, 3.8) is 0 Å². The number of aromatic hydroxyl groups is 2. The summed E-state index contributed by atoms with van der Waals surface area (Å²) >= 11 is 0. The van der Waals surface area contributed by atoms with Crippen LogP contribution in [0.4, 0.5) is 0 Å². The molecule has 3 aromatic carbocycles. The second-order valence-corrected chi connectivity index (χ2v) is 6.01. The molecule has 110 valence electrons. The summed E-state index contributed by atoms with van der Waals surface area (Å²) in [5, 5.41) is 23.1. The highest BCUT2D eigenvalue weighted by Gasteiger charge is 2.27. The molecule has 0 bridgehead atoms. The summed E-state index contributed by atoms with van der Waals surface area (Å²) in [4.78, 5) is 0. The molecule has 0 spiro atoms. The third-order valence-corrected chi connectivity index (χ3v) is 4.76. The van der Waals surface area contributed by atoms with Gasteiger partial charge in [0.05, 0.1) is 0 Å². The average Bonchev–Trinajstić information content (AvgIpc) is 2.55. The molecule has 0 saturated carbocycles. The van der Waals surface area contributed by atoms with E-state index in [2.05, 4.69) is 18.2 Å². The summed E-state index contributed by atoms with van der Waals surface area (Å²) in [6.07, 6.45) is 3.02. The number of benzene rings is 3. The predicted octanol–water partition coefficient (Wildman–Crippen LogP) is 4.72. The fraction of sp³-hybridized carbons (Fsp3) is 0.200. The molecule has 22 heavy (non-hydrogen) atoms. The van der Waals surface area contributed by atoms with Crippen molar-refractivity contribution < 1.29 is 10.2 Å². The Bertz CT molecular complexity index is 851. The van der Waals surface area contributed by atoms with Crippen LogP contribution in [0, 0.1) is 0 Å². The Morgan fingerprint density at radius 3 is 2.50 bits per heavy atom. The molecule has 1 unspecified atom stereocenters. The summed E-state index contributed by atoms with van der Waals surface area (Å²) < 4.78 is 0. The zero-order valence-corrected chi connectivity index (χ0v) is 12.3. The van der Waals surface area contributed by atoms with E-state index in [-0.39, 0.29) is 5.92 Å². The molecule has 0 radical (unpaired) electrons. The first-order valence-corrected chi connectivity index (χ1v) is 7.77.